The molecular formula is C12H10FN3O2. The molecule has 5 nitrogen and oxygen atoms in total. The maximum Gasteiger partial charge on any atom is 0.286 e. The van der Waals surface area contributed by atoms with Gasteiger partial charge < -0.3 is 4.98 Å². The first-order chi connectivity index (χ1) is 8.66. The van der Waals surface area contributed by atoms with Crippen molar-refractivity contribution in [3.8, 4) is 0 Å². The van der Waals surface area contributed by atoms with Crippen LogP contribution in [-0.4, -0.2) is 16.8 Å². The Morgan fingerprint density at radius 1 is 1.06 bits per heavy atom. The lowest BCUT2D eigenvalue weighted by Crippen LogP contribution is -2.41. The van der Waals surface area contributed by atoms with Crippen molar-refractivity contribution < 1.29 is 14.0 Å². The third-order valence-corrected chi connectivity index (χ3v) is 2.22. The summed E-state index contributed by atoms with van der Waals surface area (Å²) in [4.78, 5) is 25.7. The Bertz CT molecular complexity index is 566. The van der Waals surface area contributed by atoms with E-state index in [-0.39, 0.29) is 5.56 Å². The van der Waals surface area contributed by atoms with Gasteiger partial charge in [-0.2, -0.15) is 0 Å². The van der Waals surface area contributed by atoms with Crippen molar-refractivity contribution in [3.05, 3.63) is 59.7 Å². The number of amides is 2. The first kappa shape index (κ1) is 11.8. The van der Waals surface area contributed by atoms with Crippen molar-refractivity contribution in [2.24, 2.45) is 0 Å². The lowest BCUT2D eigenvalue weighted by Gasteiger charge is -2.06. The molecule has 1 heterocycles. The van der Waals surface area contributed by atoms with Gasteiger partial charge in [-0.1, -0.05) is 6.07 Å². The van der Waals surface area contributed by atoms with Crippen molar-refractivity contribution in [2.45, 2.75) is 0 Å². The highest BCUT2D eigenvalue weighted by atomic mass is 19.1. The van der Waals surface area contributed by atoms with Gasteiger partial charge in [-0.25, -0.2) is 4.39 Å². The summed E-state index contributed by atoms with van der Waals surface area (Å²) >= 11 is 0. The van der Waals surface area contributed by atoms with Gasteiger partial charge in [0.15, 0.2) is 0 Å². The van der Waals surface area contributed by atoms with Crippen LogP contribution in [0.15, 0.2) is 42.6 Å². The number of nitrogens with one attached hydrogen (secondary N) is 3. The van der Waals surface area contributed by atoms with Gasteiger partial charge in [-0.05, 0) is 30.3 Å². The smallest absolute Gasteiger partial charge is 0.286 e. The molecule has 0 bridgehead atoms. The van der Waals surface area contributed by atoms with Crippen LogP contribution in [-0.2, 0) is 0 Å². The minimum atomic E-state index is -0.589. The molecule has 92 valence electrons. The molecule has 2 amide bonds. The molecule has 2 aromatic rings. The van der Waals surface area contributed by atoms with Gasteiger partial charge in [0.1, 0.15) is 11.5 Å². The topological polar surface area (TPSA) is 74.0 Å². The molecule has 18 heavy (non-hydrogen) atoms. The Hall–Kier alpha value is -2.63. The van der Waals surface area contributed by atoms with E-state index in [0.717, 1.165) is 6.07 Å². The number of H-pyrrole nitrogens is 1. The lowest BCUT2D eigenvalue weighted by atomic mass is 10.2. The molecule has 1 aromatic carbocycles. The molecule has 6 heteroatoms. The van der Waals surface area contributed by atoms with Crippen LogP contribution in [0.25, 0.3) is 0 Å². The molecule has 0 saturated carbocycles. The lowest BCUT2D eigenvalue weighted by molar-refractivity contribution is 0.0844. The zero-order valence-corrected chi connectivity index (χ0v) is 9.24. The zero-order valence-electron chi connectivity index (χ0n) is 9.24. The highest BCUT2D eigenvalue weighted by molar-refractivity contribution is 5.98. The quantitative estimate of drug-likeness (QED) is 0.698. The summed E-state index contributed by atoms with van der Waals surface area (Å²) in [7, 11) is 0. The van der Waals surface area contributed by atoms with Crippen LogP contribution >= 0.6 is 0 Å². The SMILES string of the molecule is O=C(NNC(=O)c1ccc[nH]1)c1cccc(F)c1. The Balaban J connectivity index is 1.95. The van der Waals surface area contributed by atoms with Crippen molar-refractivity contribution in [3.63, 3.8) is 0 Å². The monoisotopic (exact) mass is 247 g/mol. The van der Waals surface area contributed by atoms with Crippen LogP contribution in [0.2, 0.25) is 0 Å². The maximum atomic E-state index is 12.9. The van der Waals surface area contributed by atoms with Gasteiger partial charge in [-0.15, -0.1) is 0 Å². The van der Waals surface area contributed by atoms with Gasteiger partial charge in [0.25, 0.3) is 11.8 Å². The number of carbonyl (C=O) groups is 2. The summed E-state index contributed by atoms with van der Waals surface area (Å²) in [6, 6.07) is 8.38. The average molecular weight is 247 g/mol. The molecule has 0 saturated heterocycles. The highest BCUT2D eigenvalue weighted by Crippen LogP contribution is 2.02. The highest BCUT2D eigenvalue weighted by Gasteiger charge is 2.09. The van der Waals surface area contributed by atoms with Crippen LogP contribution in [0.3, 0.4) is 0 Å². The number of rotatable bonds is 2. The van der Waals surface area contributed by atoms with Crippen LogP contribution in [0.4, 0.5) is 4.39 Å². The molecule has 0 aliphatic rings. The van der Waals surface area contributed by atoms with E-state index >= 15 is 0 Å². The van der Waals surface area contributed by atoms with Gasteiger partial charge >= 0.3 is 0 Å². The molecule has 0 radical (unpaired) electrons. The second-order valence-electron chi connectivity index (χ2n) is 3.50. The summed E-state index contributed by atoms with van der Waals surface area (Å²) < 4.78 is 12.9. The Morgan fingerprint density at radius 2 is 1.83 bits per heavy atom. The Kier molecular flexibility index (Phi) is 3.38. The number of aromatic nitrogens is 1. The molecular weight excluding hydrogens is 237 g/mol. The fourth-order valence-electron chi connectivity index (χ4n) is 1.35. The van der Waals surface area contributed by atoms with Crippen LogP contribution < -0.4 is 10.9 Å². The minimum absolute atomic E-state index is 0.127. The van der Waals surface area contributed by atoms with E-state index < -0.39 is 17.6 Å². The number of hydrogen-bond donors (Lipinski definition) is 3. The molecule has 0 atom stereocenters. The molecule has 0 aliphatic heterocycles. The number of carbonyl (C=O) groups excluding carboxylic acids is 2. The Morgan fingerprint density at radius 3 is 2.50 bits per heavy atom. The number of benzene rings is 1. The summed E-state index contributed by atoms with van der Waals surface area (Å²) in [5, 5.41) is 0. The predicted octanol–water partition coefficient (Wildman–Crippen LogP) is 1.23. The van der Waals surface area contributed by atoms with Crippen LogP contribution in [0, 0.1) is 5.82 Å². The van der Waals surface area contributed by atoms with Gasteiger partial charge in [0.05, 0.1) is 0 Å². The van der Waals surface area contributed by atoms with E-state index in [2.05, 4.69) is 15.8 Å². The van der Waals surface area contributed by atoms with Crippen molar-refractivity contribution in [1.29, 1.82) is 0 Å². The van der Waals surface area contributed by atoms with E-state index in [1.54, 1.807) is 18.3 Å². The third-order valence-electron chi connectivity index (χ3n) is 2.22. The molecule has 2 rings (SSSR count). The fraction of sp³-hybridized carbons (Fsp3) is 0. The zero-order chi connectivity index (χ0) is 13.0. The number of halogens is 1. The van der Waals surface area contributed by atoms with E-state index in [1.807, 2.05) is 0 Å². The molecule has 0 aliphatic carbocycles. The average Bonchev–Trinajstić information content (AvgIpc) is 2.89. The summed E-state index contributed by atoms with van der Waals surface area (Å²) in [5.74, 6) is -1.59. The van der Waals surface area contributed by atoms with Gasteiger partial charge in [0, 0.05) is 11.8 Å². The van der Waals surface area contributed by atoms with E-state index in [0.29, 0.717) is 5.69 Å². The molecule has 0 spiro atoms. The van der Waals surface area contributed by atoms with E-state index in [9.17, 15) is 14.0 Å². The molecule has 3 N–H and O–H groups in total. The summed E-state index contributed by atoms with van der Waals surface area (Å²) in [6.45, 7) is 0. The predicted molar refractivity (Wildman–Crippen MR) is 62.1 cm³/mol. The second kappa shape index (κ2) is 5.13. The van der Waals surface area contributed by atoms with Crippen LogP contribution in [0.1, 0.15) is 20.8 Å². The number of hydrogen-bond acceptors (Lipinski definition) is 2. The van der Waals surface area contributed by atoms with Gasteiger partial charge in [-0.3, -0.25) is 20.4 Å². The van der Waals surface area contributed by atoms with E-state index in [1.165, 1.54) is 18.2 Å². The second-order valence-corrected chi connectivity index (χ2v) is 3.50. The summed E-state index contributed by atoms with van der Waals surface area (Å²) in [6.07, 6.45) is 1.59. The first-order valence-corrected chi connectivity index (χ1v) is 5.16. The first-order valence-electron chi connectivity index (χ1n) is 5.16. The number of hydrazine groups is 1. The minimum Gasteiger partial charge on any atom is -0.357 e. The molecule has 0 unspecified atom stereocenters. The normalized spacial score (nSPS) is 9.83. The third kappa shape index (κ3) is 2.73. The van der Waals surface area contributed by atoms with Crippen molar-refractivity contribution >= 4 is 11.8 Å². The van der Waals surface area contributed by atoms with Gasteiger partial charge in [0.2, 0.25) is 0 Å². The Labute approximate surface area is 102 Å². The van der Waals surface area contributed by atoms with Crippen LogP contribution in [0.5, 0.6) is 0 Å². The summed E-state index contributed by atoms with van der Waals surface area (Å²) in [5.41, 5.74) is 4.84. The molecule has 1 aromatic heterocycles. The molecule has 0 fully saturated rings. The van der Waals surface area contributed by atoms with E-state index in [4.69, 9.17) is 0 Å². The standard InChI is InChI=1S/C12H10FN3O2/c13-9-4-1-3-8(7-9)11(17)15-16-12(18)10-5-2-6-14-10/h1-7,14H,(H,15,17)(H,16,18). The fourth-order valence-corrected chi connectivity index (χ4v) is 1.35. The number of aromatic amines is 1. The van der Waals surface area contributed by atoms with Crippen molar-refractivity contribution in [2.75, 3.05) is 0 Å². The largest absolute Gasteiger partial charge is 0.357 e. The maximum absolute atomic E-state index is 12.9. The van der Waals surface area contributed by atoms with Crippen molar-refractivity contribution in [1.82, 2.24) is 15.8 Å².